The quantitative estimate of drug-likeness (QED) is 0.652. The van der Waals surface area contributed by atoms with Gasteiger partial charge in [0, 0.05) is 0 Å². The predicted octanol–water partition coefficient (Wildman–Crippen LogP) is 4.46. The van der Waals surface area contributed by atoms with E-state index in [2.05, 4.69) is 48.5 Å². The van der Waals surface area contributed by atoms with Crippen molar-refractivity contribution < 1.29 is 4.42 Å². The molecule has 0 fully saturated rings. The number of hydrogen-bond acceptors (Lipinski definition) is 1. The standard InChI is InChI=1S/C17H14O/c1-3-8-14(9-4-1)17(16-12-7-13-18-16)15-10-5-2-6-11-15/h1-13,17H. The maximum absolute atomic E-state index is 5.60. The topological polar surface area (TPSA) is 13.1 Å². The highest BCUT2D eigenvalue weighted by atomic mass is 16.3. The van der Waals surface area contributed by atoms with Crippen molar-refractivity contribution in [2.75, 3.05) is 0 Å². The van der Waals surface area contributed by atoms with E-state index in [0.29, 0.717) is 0 Å². The van der Waals surface area contributed by atoms with Crippen molar-refractivity contribution in [3.63, 3.8) is 0 Å². The molecule has 1 nitrogen and oxygen atoms in total. The van der Waals surface area contributed by atoms with Crippen molar-refractivity contribution >= 4 is 0 Å². The third kappa shape index (κ3) is 2.07. The molecule has 0 saturated carbocycles. The van der Waals surface area contributed by atoms with Crippen LogP contribution in [0.1, 0.15) is 22.8 Å². The van der Waals surface area contributed by atoms with Gasteiger partial charge in [0.1, 0.15) is 5.76 Å². The van der Waals surface area contributed by atoms with Crippen molar-refractivity contribution in [1.29, 1.82) is 0 Å². The van der Waals surface area contributed by atoms with Gasteiger partial charge in [0.05, 0.1) is 12.2 Å². The molecule has 0 radical (unpaired) electrons. The first-order valence-electron chi connectivity index (χ1n) is 6.08. The molecule has 0 aliphatic heterocycles. The second-order valence-corrected chi connectivity index (χ2v) is 4.27. The summed E-state index contributed by atoms with van der Waals surface area (Å²) >= 11 is 0. The van der Waals surface area contributed by atoms with Crippen LogP contribution in [0.5, 0.6) is 0 Å². The van der Waals surface area contributed by atoms with Gasteiger partial charge in [0.2, 0.25) is 0 Å². The van der Waals surface area contributed by atoms with E-state index in [0.717, 1.165) is 5.76 Å². The molecule has 3 aromatic rings. The van der Waals surface area contributed by atoms with Crippen LogP contribution in [0.3, 0.4) is 0 Å². The van der Waals surface area contributed by atoms with E-state index < -0.39 is 0 Å². The zero-order valence-electron chi connectivity index (χ0n) is 9.99. The van der Waals surface area contributed by atoms with Crippen LogP contribution >= 0.6 is 0 Å². The molecule has 3 rings (SSSR count). The minimum Gasteiger partial charge on any atom is -0.468 e. The minimum absolute atomic E-state index is 0.169. The summed E-state index contributed by atoms with van der Waals surface area (Å²) in [6, 6.07) is 24.9. The summed E-state index contributed by atoms with van der Waals surface area (Å²) < 4.78 is 5.60. The molecular formula is C17H14O. The van der Waals surface area contributed by atoms with Crippen LogP contribution < -0.4 is 0 Å². The Morgan fingerprint density at radius 3 is 1.61 bits per heavy atom. The summed E-state index contributed by atoms with van der Waals surface area (Å²) in [6.07, 6.45) is 1.73. The van der Waals surface area contributed by atoms with E-state index in [1.54, 1.807) is 6.26 Å². The summed E-state index contributed by atoms with van der Waals surface area (Å²) in [7, 11) is 0. The SMILES string of the molecule is c1ccc(C(c2ccccc2)c2ccco2)cc1. The van der Waals surface area contributed by atoms with Crippen LogP contribution in [0.15, 0.2) is 83.5 Å². The fourth-order valence-electron chi connectivity index (χ4n) is 2.27. The van der Waals surface area contributed by atoms with Gasteiger partial charge in [0.15, 0.2) is 0 Å². The molecule has 1 aromatic heterocycles. The first kappa shape index (κ1) is 10.8. The molecule has 88 valence electrons. The van der Waals surface area contributed by atoms with Crippen LogP contribution in [0.2, 0.25) is 0 Å². The van der Waals surface area contributed by atoms with Gasteiger partial charge in [-0.05, 0) is 23.3 Å². The average molecular weight is 234 g/mol. The van der Waals surface area contributed by atoms with Crippen LogP contribution in [-0.4, -0.2) is 0 Å². The summed E-state index contributed by atoms with van der Waals surface area (Å²) in [5.41, 5.74) is 2.50. The first-order chi connectivity index (χ1) is 8.95. The Morgan fingerprint density at radius 2 is 1.17 bits per heavy atom. The van der Waals surface area contributed by atoms with Gasteiger partial charge in [-0.3, -0.25) is 0 Å². The normalized spacial score (nSPS) is 10.7. The third-order valence-electron chi connectivity index (χ3n) is 3.09. The summed E-state index contributed by atoms with van der Waals surface area (Å²) in [5, 5.41) is 0. The Kier molecular flexibility index (Phi) is 2.97. The van der Waals surface area contributed by atoms with Crippen molar-refractivity contribution in [2.24, 2.45) is 0 Å². The van der Waals surface area contributed by atoms with E-state index >= 15 is 0 Å². The smallest absolute Gasteiger partial charge is 0.115 e. The number of benzene rings is 2. The van der Waals surface area contributed by atoms with Gasteiger partial charge >= 0.3 is 0 Å². The van der Waals surface area contributed by atoms with Crippen LogP contribution in [-0.2, 0) is 0 Å². The largest absolute Gasteiger partial charge is 0.468 e. The predicted molar refractivity (Wildman–Crippen MR) is 72.5 cm³/mol. The fourth-order valence-corrected chi connectivity index (χ4v) is 2.27. The monoisotopic (exact) mass is 234 g/mol. The van der Waals surface area contributed by atoms with Gasteiger partial charge in [-0.15, -0.1) is 0 Å². The van der Waals surface area contributed by atoms with E-state index in [4.69, 9.17) is 4.42 Å². The summed E-state index contributed by atoms with van der Waals surface area (Å²) in [5.74, 6) is 1.15. The number of hydrogen-bond donors (Lipinski definition) is 0. The fraction of sp³-hybridized carbons (Fsp3) is 0.0588. The molecule has 0 bridgehead atoms. The number of rotatable bonds is 3. The highest BCUT2D eigenvalue weighted by molar-refractivity contribution is 5.39. The Balaban J connectivity index is 2.11. The first-order valence-corrected chi connectivity index (χ1v) is 6.08. The zero-order valence-corrected chi connectivity index (χ0v) is 9.99. The molecule has 0 saturated heterocycles. The highest BCUT2D eigenvalue weighted by Crippen LogP contribution is 2.31. The molecule has 0 unspecified atom stereocenters. The van der Waals surface area contributed by atoms with Gasteiger partial charge < -0.3 is 4.42 Å². The summed E-state index contributed by atoms with van der Waals surface area (Å²) in [4.78, 5) is 0. The van der Waals surface area contributed by atoms with Gasteiger partial charge in [-0.1, -0.05) is 60.7 Å². The van der Waals surface area contributed by atoms with E-state index in [1.165, 1.54) is 11.1 Å². The Hall–Kier alpha value is -2.28. The average Bonchev–Trinajstić information content (AvgIpc) is 2.95. The van der Waals surface area contributed by atoms with Crippen molar-refractivity contribution in [2.45, 2.75) is 5.92 Å². The van der Waals surface area contributed by atoms with Crippen molar-refractivity contribution in [1.82, 2.24) is 0 Å². The zero-order chi connectivity index (χ0) is 12.2. The second-order valence-electron chi connectivity index (χ2n) is 4.27. The molecule has 18 heavy (non-hydrogen) atoms. The van der Waals surface area contributed by atoms with Crippen LogP contribution in [0, 0.1) is 0 Å². The van der Waals surface area contributed by atoms with Crippen molar-refractivity contribution in [3.8, 4) is 0 Å². The lowest BCUT2D eigenvalue weighted by Gasteiger charge is -2.15. The maximum atomic E-state index is 5.60. The Labute approximate surface area is 107 Å². The molecule has 0 amide bonds. The summed E-state index contributed by atoms with van der Waals surface area (Å²) in [6.45, 7) is 0. The van der Waals surface area contributed by atoms with Gasteiger partial charge in [-0.2, -0.15) is 0 Å². The molecule has 0 atom stereocenters. The van der Waals surface area contributed by atoms with Gasteiger partial charge in [0.25, 0.3) is 0 Å². The molecular weight excluding hydrogens is 220 g/mol. The van der Waals surface area contributed by atoms with Gasteiger partial charge in [-0.25, -0.2) is 0 Å². The van der Waals surface area contributed by atoms with E-state index in [1.807, 2.05) is 24.3 Å². The molecule has 0 aliphatic carbocycles. The molecule has 1 heterocycles. The molecule has 2 aromatic carbocycles. The van der Waals surface area contributed by atoms with E-state index in [9.17, 15) is 0 Å². The van der Waals surface area contributed by atoms with Crippen LogP contribution in [0.25, 0.3) is 0 Å². The number of furan rings is 1. The van der Waals surface area contributed by atoms with Crippen LogP contribution in [0.4, 0.5) is 0 Å². The minimum atomic E-state index is 0.169. The lowest BCUT2D eigenvalue weighted by atomic mass is 9.89. The molecule has 0 spiro atoms. The second kappa shape index (κ2) is 4.92. The lowest BCUT2D eigenvalue weighted by Crippen LogP contribution is -2.01. The molecule has 0 aliphatic rings. The molecule has 0 N–H and O–H groups in total. The maximum Gasteiger partial charge on any atom is 0.115 e. The Morgan fingerprint density at radius 1 is 0.611 bits per heavy atom. The Bertz CT molecular complexity index is 543. The lowest BCUT2D eigenvalue weighted by molar-refractivity contribution is 0.503. The molecule has 1 heteroatoms. The van der Waals surface area contributed by atoms with E-state index in [-0.39, 0.29) is 5.92 Å². The van der Waals surface area contributed by atoms with Crippen molar-refractivity contribution in [3.05, 3.63) is 95.9 Å². The third-order valence-corrected chi connectivity index (χ3v) is 3.09. The highest BCUT2D eigenvalue weighted by Gasteiger charge is 2.18.